The molecule has 0 radical (unpaired) electrons. The van der Waals surface area contributed by atoms with Crippen molar-refractivity contribution >= 4 is 28.4 Å². The van der Waals surface area contributed by atoms with E-state index in [9.17, 15) is 9.59 Å². The molecule has 0 heterocycles. The molecule has 88 valence electrons. The van der Waals surface area contributed by atoms with E-state index in [0.29, 0.717) is 0 Å². The number of carbonyl (C=O) groups is 2. The molecule has 0 atom stereocenters. The molecule has 0 N–H and O–H groups in total. The van der Waals surface area contributed by atoms with Crippen molar-refractivity contribution in [2.75, 3.05) is 6.61 Å². The van der Waals surface area contributed by atoms with Crippen molar-refractivity contribution < 1.29 is 18.4 Å². The van der Waals surface area contributed by atoms with E-state index in [1.807, 2.05) is 39.3 Å². The molecular formula is C9H20O4Si2. The van der Waals surface area contributed by atoms with Gasteiger partial charge in [-0.3, -0.25) is 4.79 Å². The highest BCUT2D eigenvalue weighted by atomic mass is 28.4. The molecule has 0 unspecified atom stereocenters. The average molecular weight is 248 g/mol. The minimum atomic E-state index is -1.97. The van der Waals surface area contributed by atoms with Gasteiger partial charge in [0, 0.05) is 0 Å². The van der Waals surface area contributed by atoms with Crippen molar-refractivity contribution in [2.45, 2.75) is 39.3 Å². The highest BCUT2D eigenvalue weighted by Crippen LogP contribution is 2.05. The number of Topliss-reactive ketones (excluding diaryl/α,β-unsaturated/α-hetero) is 1. The fourth-order valence-corrected chi connectivity index (χ4v) is 1.91. The summed E-state index contributed by atoms with van der Waals surface area (Å²) in [6.45, 7) is 11.3. The Labute approximate surface area is 93.2 Å². The van der Waals surface area contributed by atoms with Crippen LogP contribution in [0.4, 0.5) is 0 Å². The number of carbonyl (C=O) groups excluding carboxylic acids is 2. The molecule has 0 aliphatic rings. The van der Waals surface area contributed by atoms with Crippen LogP contribution in [0, 0.1) is 0 Å². The molecule has 0 aliphatic heterocycles. The molecule has 0 spiro atoms. The van der Waals surface area contributed by atoms with E-state index in [-0.39, 0.29) is 6.61 Å². The fraction of sp³-hybridized carbons (Fsp3) is 0.778. The lowest BCUT2D eigenvalue weighted by Gasteiger charge is -2.18. The normalized spacial score (nSPS) is 12.4. The van der Waals surface area contributed by atoms with Crippen molar-refractivity contribution in [3.8, 4) is 0 Å². The van der Waals surface area contributed by atoms with Crippen LogP contribution >= 0.6 is 0 Å². The largest absolute Gasteiger partial charge is 0.514 e. The monoisotopic (exact) mass is 248 g/mol. The van der Waals surface area contributed by atoms with E-state index in [1.165, 1.54) is 0 Å². The molecule has 0 aromatic rings. The Bertz CT molecular complexity index is 250. The first-order valence-electron chi connectivity index (χ1n) is 4.91. The summed E-state index contributed by atoms with van der Waals surface area (Å²) in [5, 5.41) is 0. The Morgan fingerprint density at radius 2 is 1.40 bits per heavy atom. The fourth-order valence-electron chi connectivity index (χ4n) is 0.676. The number of rotatable bonds is 5. The SMILES string of the molecule is C[Si](C)(C)OCC(=O)C(=O)O[Si](C)(C)C. The molecule has 0 aromatic heterocycles. The summed E-state index contributed by atoms with van der Waals surface area (Å²) in [6, 6.07) is 0. The summed E-state index contributed by atoms with van der Waals surface area (Å²) in [6.07, 6.45) is 0. The maximum Gasteiger partial charge on any atom is 0.363 e. The van der Waals surface area contributed by atoms with Gasteiger partial charge in [0.05, 0.1) is 0 Å². The quantitative estimate of drug-likeness (QED) is 0.550. The minimum Gasteiger partial charge on any atom is -0.514 e. The van der Waals surface area contributed by atoms with Gasteiger partial charge in [-0.05, 0) is 39.3 Å². The van der Waals surface area contributed by atoms with E-state index in [4.69, 9.17) is 8.85 Å². The first-order valence-corrected chi connectivity index (χ1v) is 11.7. The lowest BCUT2D eigenvalue weighted by Crippen LogP contribution is -2.37. The molecule has 4 nitrogen and oxygen atoms in total. The lowest BCUT2D eigenvalue weighted by molar-refractivity contribution is -0.148. The molecule has 0 saturated carbocycles. The van der Waals surface area contributed by atoms with Crippen LogP contribution in [-0.2, 0) is 18.4 Å². The Morgan fingerprint density at radius 3 is 1.73 bits per heavy atom. The highest BCUT2D eigenvalue weighted by Gasteiger charge is 2.26. The summed E-state index contributed by atoms with van der Waals surface area (Å²) in [4.78, 5) is 22.6. The van der Waals surface area contributed by atoms with Crippen LogP contribution in [0.3, 0.4) is 0 Å². The highest BCUT2D eigenvalue weighted by molar-refractivity contribution is 6.73. The molecule has 6 heteroatoms. The molecular weight excluding hydrogens is 228 g/mol. The smallest absolute Gasteiger partial charge is 0.363 e. The van der Waals surface area contributed by atoms with E-state index in [2.05, 4.69) is 0 Å². The van der Waals surface area contributed by atoms with Gasteiger partial charge in [0.1, 0.15) is 6.61 Å². The molecule has 0 rings (SSSR count). The van der Waals surface area contributed by atoms with Crippen molar-refractivity contribution in [1.29, 1.82) is 0 Å². The third-order valence-corrected chi connectivity index (χ3v) is 3.07. The number of hydrogen-bond acceptors (Lipinski definition) is 4. The summed E-state index contributed by atoms with van der Waals surface area (Å²) in [5.41, 5.74) is 0. The van der Waals surface area contributed by atoms with Crippen LogP contribution in [0.2, 0.25) is 39.3 Å². The van der Waals surface area contributed by atoms with E-state index in [0.717, 1.165) is 0 Å². The van der Waals surface area contributed by atoms with Gasteiger partial charge in [-0.15, -0.1) is 0 Å². The van der Waals surface area contributed by atoms with E-state index >= 15 is 0 Å². The van der Waals surface area contributed by atoms with Crippen molar-refractivity contribution in [3.63, 3.8) is 0 Å². The number of hydrogen-bond donors (Lipinski definition) is 0. The van der Waals surface area contributed by atoms with Gasteiger partial charge in [0.15, 0.2) is 8.32 Å². The second kappa shape index (κ2) is 5.04. The Kier molecular flexibility index (Phi) is 4.89. The zero-order chi connectivity index (χ0) is 12.3. The second-order valence-corrected chi connectivity index (χ2v) is 14.3. The van der Waals surface area contributed by atoms with Crippen LogP contribution in [-0.4, -0.2) is 35.0 Å². The summed E-state index contributed by atoms with van der Waals surface area (Å²) in [5.74, 6) is -1.34. The molecule has 0 aliphatic carbocycles. The van der Waals surface area contributed by atoms with Crippen molar-refractivity contribution in [3.05, 3.63) is 0 Å². The standard InChI is InChI=1S/C9H20O4Si2/c1-14(2,3)12-7-8(10)9(11)13-15(4,5)6/h7H2,1-6H3. The molecule has 0 saturated heterocycles. The number of ketones is 1. The van der Waals surface area contributed by atoms with Crippen LogP contribution < -0.4 is 0 Å². The third-order valence-electron chi connectivity index (χ3n) is 1.26. The average Bonchev–Trinajstić information content (AvgIpc) is 1.95. The van der Waals surface area contributed by atoms with Crippen LogP contribution in [0.1, 0.15) is 0 Å². The second-order valence-electron chi connectivity index (χ2n) is 5.33. The predicted molar refractivity (Wildman–Crippen MR) is 63.7 cm³/mol. The van der Waals surface area contributed by atoms with Gasteiger partial charge >= 0.3 is 5.97 Å². The van der Waals surface area contributed by atoms with Crippen LogP contribution in [0.5, 0.6) is 0 Å². The zero-order valence-electron chi connectivity index (χ0n) is 10.3. The zero-order valence-corrected chi connectivity index (χ0v) is 12.3. The Hall–Kier alpha value is -0.466. The topological polar surface area (TPSA) is 52.6 Å². The first-order chi connectivity index (χ1) is 6.51. The third kappa shape index (κ3) is 8.52. The van der Waals surface area contributed by atoms with Gasteiger partial charge in [0.25, 0.3) is 5.78 Å². The lowest BCUT2D eigenvalue weighted by atomic mass is 10.4. The van der Waals surface area contributed by atoms with Crippen LogP contribution in [0.25, 0.3) is 0 Å². The van der Waals surface area contributed by atoms with Crippen molar-refractivity contribution in [1.82, 2.24) is 0 Å². The molecule has 0 bridgehead atoms. The van der Waals surface area contributed by atoms with Crippen molar-refractivity contribution in [2.24, 2.45) is 0 Å². The van der Waals surface area contributed by atoms with Crippen LogP contribution in [0.15, 0.2) is 0 Å². The summed E-state index contributed by atoms with van der Waals surface area (Å²) < 4.78 is 10.4. The maximum absolute atomic E-state index is 11.3. The van der Waals surface area contributed by atoms with E-state index in [1.54, 1.807) is 0 Å². The van der Waals surface area contributed by atoms with Gasteiger partial charge in [-0.25, -0.2) is 4.79 Å². The van der Waals surface area contributed by atoms with Gasteiger partial charge < -0.3 is 8.85 Å². The molecule has 0 amide bonds. The first kappa shape index (κ1) is 14.5. The molecule has 15 heavy (non-hydrogen) atoms. The minimum absolute atomic E-state index is 0.154. The van der Waals surface area contributed by atoms with Gasteiger partial charge in [-0.1, -0.05) is 0 Å². The molecule has 0 aromatic carbocycles. The Morgan fingerprint density at radius 1 is 0.933 bits per heavy atom. The van der Waals surface area contributed by atoms with E-state index < -0.39 is 28.4 Å². The summed E-state index contributed by atoms with van der Waals surface area (Å²) in [7, 11) is -3.71. The maximum atomic E-state index is 11.3. The Balaban J connectivity index is 4.08. The van der Waals surface area contributed by atoms with Gasteiger partial charge in [0.2, 0.25) is 8.32 Å². The molecule has 0 fully saturated rings. The predicted octanol–water partition coefficient (Wildman–Crippen LogP) is 1.79. The van der Waals surface area contributed by atoms with Gasteiger partial charge in [-0.2, -0.15) is 0 Å². The summed E-state index contributed by atoms with van der Waals surface area (Å²) >= 11 is 0.